The van der Waals surface area contributed by atoms with E-state index in [1.165, 1.54) is 6.29 Å². The first-order valence-corrected chi connectivity index (χ1v) is 1.89. The summed E-state index contributed by atoms with van der Waals surface area (Å²) in [6, 6.07) is 0. The zero-order chi connectivity index (χ0) is 5.70. The summed E-state index contributed by atoms with van der Waals surface area (Å²) in [4.78, 5) is 19.0. The fourth-order valence-electron chi connectivity index (χ4n) is 0.0995. The molecule has 0 aromatic heterocycles. The standard InChI is InChI=1S/C4H2ClO2.Y/c5-4(7)2-1-3-6;/h1-2H;/q-1;/b2-1+;. The second-order valence-electron chi connectivity index (χ2n) is 0.755. The molecule has 2 nitrogen and oxygen atoms in total. The second-order valence-corrected chi connectivity index (χ2v) is 1.13. The molecule has 0 amide bonds. The molecule has 8 heavy (non-hydrogen) atoms. The van der Waals surface area contributed by atoms with Gasteiger partial charge in [-0.3, -0.25) is 4.79 Å². The molecule has 0 atom stereocenters. The molecule has 0 N–H and O–H groups in total. The Balaban J connectivity index is 0. The van der Waals surface area contributed by atoms with Crippen molar-refractivity contribution in [2.75, 3.05) is 0 Å². The summed E-state index contributed by atoms with van der Waals surface area (Å²) < 4.78 is 0. The molecule has 0 aromatic carbocycles. The molecule has 0 unspecified atom stereocenters. The van der Waals surface area contributed by atoms with Crippen LogP contribution in [0.5, 0.6) is 0 Å². The molecule has 0 saturated heterocycles. The minimum absolute atomic E-state index is 0. The topological polar surface area (TPSA) is 34.1 Å². The van der Waals surface area contributed by atoms with E-state index in [-0.39, 0.29) is 32.7 Å². The number of carbonyl (C=O) groups excluding carboxylic acids is 2. The van der Waals surface area contributed by atoms with Crippen LogP contribution in [0.2, 0.25) is 0 Å². The van der Waals surface area contributed by atoms with Crippen molar-refractivity contribution in [2.24, 2.45) is 0 Å². The number of rotatable bonds is 2. The number of hydrogen-bond acceptors (Lipinski definition) is 2. The Labute approximate surface area is 77.2 Å². The van der Waals surface area contributed by atoms with Gasteiger partial charge in [0.15, 0.2) is 5.24 Å². The maximum atomic E-state index is 9.70. The van der Waals surface area contributed by atoms with Crippen LogP contribution in [0.4, 0.5) is 0 Å². The Morgan fingerprint density at radius 3 is 2.25 bits per heavy atom. The van der Waals surface area contributed by atoms with Gasteiger partial charge in [0.25, 0.3) is 0 Å². The van der Waals surface area contributed by atoms with Gasteiger partial charge in [-0.2, -0.15) is 6.08 Å². The fraction of sp³-hybridized carbons (Fsp3) is 0. The third kappa shape index (κ3) is 9.69. The molecule has 0 fully saturated rings. The first-order valence-electron chi connectivity index (χ1n) is 1.51. The molecule has 0 rings (SSSR count). The Kier molecular flexibility index (Phi) is 10.6. The Morgan fingerprint density at radius 1 is 1.62 bits per heavy atom. The van der Waals surface area contributed by atoms with E-state index in [4.69, 9.17) is 11.6 Å². The summed E-state index contributed by atoms with van der Waals surface area (Å²) in [5, 5.41) is -0.664. The largest absolute Gasteiger partial charge is 0.419 e. The summed E-state index contributed by atoms with van der Waals surface area (Å²) in [6.45, 7) is 0. The summed E-state index contributed by atoms with van der Waals surface area (Å²) in [5.74, 6) is 0. The third-order valence-corrected chi connectivity index (χ3v) is 0.408. The predicted octanol–water partition coefficient (Wildman–Crippen LogP) is 0.415. The summed E-state index contributed by atoms with van der Waals surface area (Å²) in [7, 11) is 0. The molecule has 0 aromatic rings. The van der Waals surface area contributed by atoms with Gasteiger partial charge in [-0.25, -0.2) is 0 Å². The van der Waals surface area contributed by atoms with E-state index < -0.39 is 5.24 Å². The molecule has 4 heteroatoms. The van der Waals surface area contributed by atoms with Gasteiger partial charge < -0.3 is 4.79 Å². The second kappa shape index (κ2) is 7.47. The van der Waals surface area contributed by atoms with E-state index in [9.17, 15) is 9.59 Å². The quantitative estimate of drug-likeness (QED) is 0.373. The molecule has 0 spiro atoms. The van der Waals surface area contributed by atoms with E-state index in [1.54, 1.807) is 0 Å². The van der Waals surface area contributed by atoms with Gasteiger partial charge in [-0.05, 0) is 6.29 Å². The monoisotopic (exact) mass is 206 g/mol. The van der Waals surface area contributed by atoms with E-state index in [2.05, 4.69) is 0 Å². The van der Waals surface area contributed by atoms with Crippen LogP contribution >= 0.6 is 11.6 Å². The van der Waals surface area contributed by atoms with Gasteiger partial charge in [0, 0.05) is 32.7 Å². The van der Waals surface area contributed by atoms with Crippen LogP contribution in [0.15, 0.2) is 12.2 Å². The van der Waals surface area contributed by atoms with Gasteiger partial charge in [-0.15, -0.1) is 6.08 Å². The van der Waals surface area contributed by atoms with Gasteiger partial charge in [-0.1, -0.05) is 11.6 Å². The van der Waals surface area contributed by atoms with Gasteiger partial charge in [0.05, 0.1) is 0 Å². The first kappa shape index (κ1) is 11.3. The molecule has 0 aliphatic carbocycles. The van der Waals surface area contributed by atoms with Crippen LogP contribution in [-0.4, -0.2) is 11.5 Å². The van der Waals surface area contributed by atoms with Crippen molar-refractivity contribution in [1.29, 1.82) is 0 Å². The van der Waals surface area contributed by atoms with E-state index >= 15 is 0 Å². The van der Waals surface area contributed by atoms with Crippen LogP contribution in [0, 0.1) is 0 Å². The molecule has 41 valence electrons. The Bertz CT molecular complexity index is 111. The molecule has 0 bridgehead atoms. The molecule has 0 aliphatic rings. The van der Waals surface area contributed by atoms with Crippen molar-refractivity contribution in [1.82, 2.24) is 0 Å². The average Bonchev–Trinajstić information content (AvgIpc) is 1.61. The number of allylic oxidation sites excluding steroid dienone is 2. The summed E-state index contributed by atoms with van der Waals surface area (Å²) in [6.07, 6.45) is 3.20. The van der Waals surface area contributed by atoms with E-state index in [0.29, 0.717) is 0 Å². The fourth-order valence-corrected chi connectivity index (χ4v) is 0.163. The van der Waals surface area contributed by atoms with Crippen LogP contribution in [0.25, 0.3) is 0 Å². The zero-order valence-corrected chi connectivity index (χ0v) is 7.52. The minimum atomic E-state index is -0.664. The maximum Gasteiger partial charge on any atom is 0.165 e. The summed E-state index contributed by atoms with van der Waals surface area (Å²) in [5.41, 5.74) is 0. The third-order valence-electron chi connectivity index (χ3n) is 0.282. The van der Waals surface area contributed by atoms with Crippen molar-refractivity contribution in [3.63, 3.8) is 0 Å². The molecule has 0 saturated carbocycles. The predicted molar refractivity (Wildman–Crippen MR) is 25.7 cm³/mol. The average molecular weight is 206 g/mol. The molecule has 0 heterocycles. The molecule has 1 radical (unpaired) electrons. The van der Waals surface area contributed by atoms with E-state index in [1.807, 2.05) is 0 Å². The molecule has 0 aliphatic heterocycles. The summed E-state index contributed by atoms with van der Waals surface area (Å²) >= 11 is 4.75. The van der Waals surface area contributed by atoms with Crippen molar-refractivity contribution < 1.29 is 42.3 Å². The van der Waals surface area contributed by atoms with Crippen LogP contribution in [0.3, 0.4) is 0 Å². The van der Waals surface area contributed by atoms with Gasteiger partial charge in [0.1, 0.15) is 0 Å². The van der Waals surface area contributed by atoms with Crippen LogP contribution < -0.4 is 0 Å². The number of hydrogen-bond donors (Lipinski definition) is 0. The Morgan fingerprint density at radius 2 is 2.12 bits per heavy atom. The van der Waals surface area contributed by atoms with E-state index in [0.717, 1.165) is 12.2 Å². The smallest absolute Gasteiger partial charge is 0.165 e. The van der Waals surface area contributed by atoms with Crippen molar-refractivity contribution in [3.05, 3.63) is 12.2 Å². The number of carbonyl (C=O) groups is 1. The van der Waals surface area contributed by atoms with Crippen LogP contribution in [-0.2, 0) is 42.3 Å². The normalized spacial score (nSPS) is 8.12. The van der Waals surface area contributed by atoms with Gasteiger partial charge >= 0.3 is 0 Å². The molecular weight excluding hydrogens is 204 g/mol. The Hall–Kier alpha value is 0.474. The number of halogens is 1. The SMILES string of the molecule is O=[C-]/C=C/C(=O)Cl.[Y]. The van der Waals surface area contributed by atoms with Gasteiger partial charge in [0.2, 0.25) is 0 Å². The van der Waals surface area contributed by atoms with Crippen LogP contribution in [0.1, 0.15) is 0 Å². The molecular formula is C4H2ClO2Y-. The van der Waals surface area contributed by atoms with Crippen molar-refractivity contribution >= 4 is 23.1 Å². The first-order chi connectivity index (χ1) is 3.27. The minimum Gasteiger partial charge on any atom is -0.419 e. The van der Waals surface area contributed by atoms with Crippen molar-refractivity contribution in [3.8, 4) is 0 Å². The maximum absolute atomic E-state index is 9.70. The van der Waals surface area contributed by atoms with Crippen molar-refractivity contribution in [2.45, 2.75) is 0 Å². The zero-order valence-electron chi connectivity index (χ0n) is 3.93.